The largest absolute Gasteiger partial charge is 0.311 e. The lowest BCUT2D eigenvalue weighted by molar-refractivity contribution is 1.28. The Labute approximate surface area is 179 Å². The summed E-state index contributed by atoms with van der Waals surface area (Å²) in [6.07, 6.45) is 0. The van der Waals surface area contributed by atoms with Crippen LogP contribution in [0.5, 0.6) is 0 Å². The molecule has 0 aliphatic heterocycles. The molecule has 0 amide bonds. The van der Waals surface area contributed by atoms with Gasteiger partial charge in [-0.25, -0.2) is 0 Å². The fourth-order valence-electron chi connectivity index (χ4n) is 3.46. The Balaban J connectivity index is 1.54. The molecule has 0 N–H and O–H groups in total. The molecule has 1 nitrogen and oxygen atoms in total. The summed E-state index contributed by atoms with van der Waals surface area (Å²) < 4.78 is 0. The zero-order valence-electron chi connectivity index (χ0n) is 15.7. The monoisotopic (exact) mass is 409 g/mol. The lowest BCUT2D eigenvalue weighted by Gasteiger charge is -2.25. The van der Waals surface area contributed by atoms with Gasteiger partial charge in [-0.3, -0.25) is 0 Å². The number of hydrogen-bond acceptors (Lipinski definition) is 3. The molecule has 3 aromatic carbocycles. The quantitative estimate of drug-likeness (QED) is 0.281. The van der Waals surface area contributed by atoms with Crippen molar-refractivity contribution < 1.29 is 0 Å². The van der Waals surface area contributed by atoms with Gasteiger partial charge in [-0.15, -0.1) is 22.7 Å². The molecule has 0 fully saturated rings. The topological polar surface area (TPSA) is 3.24 Å². The van der Waals surface area contributed by atoms with Crippen molar-refractivity contribution in [2.24, 2.45) is 0 Å². The van der Waals surface area contributed by atoms with Crippen LogP contribution in [0.25, 0.3) is 20.9 Å². The molecule has 2 aromatic heterocycles. The van der Waals surface area contributed by atoms with Crippen LogP contribution in [0.2, 0.25) is 0 Å². The van der Waals surface area contributed by atoms with E-state index in [4.69, 9.17) is 0 Å². The minimum absolute atomic E-state index is 1.15. The predicted molar refractivity (Wildman–Crippen MR) is 128 cm³/mol. The number of anilines is 3. The lowest BCUT2D eigenvalue weighted by atomic mass is 10.1. The minimum atomic E-state index is 1.15. The number of hydrogen-bond donors (Lipinski definition) is 0. The summed E-state index contributed by atoms with van der Waals surface area (Å²) >= 11 is 3.54. The molecule has 5 aromatic rings. The smallest absolute Gasteiger partial charge is 0.0462 e. The number of thiophene rings is 2. The fourth-order valence-corrected chi connectivity index (χ4v) is 4.93. The van der Waals surface area contributed by atoms with Crippen LogP contribution in [-0.2, 0) is 0 Å². The van der Waals surface area contributed by atoms with E-state index in [2.05, 4.69) is 119 Å². The van der Waals surface area contributed by atoms with Gasteiger partial charge in [0.15, 0.2) is 0 Å². The summed E-state index contributed by atoms with van der Waals surface area (Å²) in [5.41, 5.74) is 5.97. The van der Waals surface area contributed by atoms with Crippen molar-refractivity contribution >= 4 is 39.7 Å². The summed E-state index contributed by atoms with van der Waals surface area (Å²) in [5.74, 6) is 0. The zero-order chi connectivity index (χ0) is 19.5. The first kappa shape index (κ1) is 17.9. The van der Waals surface area contributed by atoms with Crippen LogP contribution in [0.1, 0.15) is 0 Å². The van der Waals surface area contributed by atoms with Crippen molar-refractivity contribution in [1.82, 2.24) is 0 Å². The summed E-state index contributed by atoms with van der Waals surface area (Å²) in [6.45, 7) is 0. The van der Waals surface area contributed by atoms with Gasteiger partial charge in [-0.2, -0.15) is 0 Å². The van der Waals surface area contributed by atoms with Crippen molar-refractivity contribution in [3.63, 3.8) is 0 Å². The highest BCUT2D eigenvalue weighted by Crippen LogP contribution is 2.37. The van der Waals surface area contributed by atoms with Crippen LogP contribution in [0.15, 0.2) is 114 Å². The van der Waals surface area contributed by atoms with E-state index in [1.54, 1.807) is 22.7 Å². The van der Waals surface area contributed by atoms with Crippen molar-refractivity contribution in [2.75, 3.05) is 4.90 Å². The maximum Gasteiger partial charge on any atom is 0.0462 e. The van der Waals surface area contributed by atoms with Gasteiger partial charge in [0.25, 0.3) is 0 Å². The second-order valence-corrected chi connectivity index (χ2v) is 8.61. The zero-order valence-corrected chi connectivity index (χ0v) is 17.4. The van der Waals surface area contributed by atoms with E-state index in [9.17, 15) is 0 Å². The summed E-state index contributed by atoms with van der Waals surface area (Å²) in [4.78, 5) is 4.89. The van der Waals surface area contributed by atoms with Crippen molar-refractivity contribution in [3.05, 3.63) is 114 Å². The van der Waals surface area contributed by atoms with E-state index in [0.717, 1.165) is 17.1 Å². The third-order valence-electron chi connectivity index (χ3n) is 4.88. The fraction of sp³-hybridized carbons (Fsp3) is 0. The van der Waals surface area contributed by atoms with Gasteiger partial charge in [0.1, 0.15) is 0 Å². The lowest BCUT2D eigenvalue weighted by Crippen LogP contribution is -2.09. The first-order chi connectivity index (χ1) is 14.4. The van der Waals surface area contributed by atoms with Crippen molar-refractivity contribution in [3.8, 4) is 20.9 Å². The predicted octanol–water partition coefficient (Wildman–Crippen LogP) is 8.61. The Kier molecular flexibility index (Phi) is 4.99. The first-order valence-electron chi connectivity index (χ1n) is 9.51. The van der Waals surface area contributed by atoms with Crippen LogP contribution >= 0.6 is 22.7 Å². The molecule has 0 unspecified atom stereocenters. The molecular weight excluding hydrogens is 390 g/mol. The second kappa shape index (κ2) is 8.08. The maximum atomic E-state index is 2.30. The van der Waals surface area contributed by atoms with E-state index >= 15 is 0 Å². The molecule has 5 rings (SSSR count). The number of rotatable bonds is 5. The number of para-hydroxylation sites is 1. The molecule has 2 heterocycles. The third-order valence-corrected chi connectivity index (χ3v) is 6.71. The van der Waals surface area contributed by atoms with Gasteiger partial charge in [0.05, 0.1) is 0 Å². The van der Waals surface area contributed by atoms with Crippen molar-refractivity contribution in [1.29, 1.82) is 0 Å². The maximum absolute atomic E-state index is 2.30. The minimum Gasteiger partial charge on any atom is -0.311 e. The van der Waals surface area contributed by atoms with Crippen molar-refractivity contribution in [2.45, 2.75) is 0 Å². The van der Waals surface area contributed by atoms with Crippen LogP contribution < -0.4 is 4.90 Å². The molecule has 0 radical (unpaired) electrons. The van der Waals surface area contributed by atoms with Gasteiger partial charge >= 0.3 is 0 Å². The first-order valence-corrected chi connectivity index (χ1v) is 11.3. The summed E-state index contributed by atoms with van der Waals surface area (Å²) in [6, 6.07) is 36.7. The van der Waals surface area contributed by atoms with E-state index in [1.807, 2.05) is 0 Å². The molecule has 3 heteroatoms. The van der Waals surface area contributed by atoms with Gasteiger partial charge in [-0.05, 0) is 70.4 Å². The standard InChI is InChI=1S/C26H19NS2/c1-2-6-22(7-3-1)27(23-14-10-20(11-15-23)25-8-4-18-28-25)24-16-12-21(13-17-24)26-9-5-19-29-26/h1-19H. The Morgan fingerprint density at radius 3 is 1.28 bits per heavy atom. The van der Waals surface area contributed by atoms with Gasteiger partial charge in [0.2, 0.25) is 0 Å². The molecule has 0 spiro atoms. The Morgan fingerprint density at radius 1 is 0.414 bits per heavy atom. The van der Waals surface area contributed by atoms with E-state index in [-0.39, 0.29) is 0 Å². The molecule has 0 aliphatic rings. The molecular formula is C26H19NS2. The third kappa shape index (κ3) is 3.75. The highest BCUT2D eigenvalue weighted by atomic mass is 32.1. The molecule has 0 atom stereocenters. The second-order valence-electron chi connectivity index (χ2n) is 6.72. The van der Waals surface area contributed by atoms with E-state index < -0.39 is 0 Å². The van der Waals surface area contributed by atoms with E-state index in [0.29, 0.717) is 0 Å². The van der Waals surface area contributed by atoms with Gasteiger partial charge < -0.3 is 4.90 Å². The van der Waals surface area contributed by atoms with Gasteiger partial charge in [0, 0.05) is 26.8 Å². The summed E-state index contributed by atoms with van der Waals surface area (Å²) in [7, 11) is 0. The van der Waals surface area contributed by atoms with Crippen LogP contribution in [0, 0.1) is 0 Å². The average molecular weight is 410 g/mol. The Hall–Kier alpha value is -3.14. The van der Waals surface area contributed by atoms with Crippen LogP contribution in [0.4, 0.5) is 17.1 Å². The Bertz CT molecular complexity index is 1080. The molecule has 0 aliphatic carbocycles. The number of benzene rings is 3. The average Bonchev–Trinajstić information content (AvgIpc) is 3.51. The highest BCUT2D eigenvalue weighted by Gasteiger charge is 2.13. The Morgan fingerprint density at radius 2 is 0.862 bits per heavy atom. The highest BCUT2D eigenvalue weighted by molar-refractivity contribution is 7.13. The van der Waals surface area contributed by atoms with Crippen LogP contribution in [0.3, 0.4) is 0 Å². The number of nitrogens with zero attached hydrogens (tertiary/aromatic N) is 1. The SMILES string of the molecule is c1ccc(N(c2ccc(-c3cccs3)cc2)c2ccc(-c3cccs3)cc2)cc1. The van der Waals surface area contributed by atoms with Gasteiger partial charge in [-0.1, -0.05) is 54.6 Å². The molecule has 29 heavy (non-hydrogen) atoms. The molecule has 0 saturated carbocycles. The molecule has 0 bridgehead atoms. The molecule has 0 saturated heterocycles. The normalized spacial score (nSPS) is 10.8. The van der Waals surface area contributed by atoms with E-state index in [1.165, 1.54) is 20.9 Å². The van der Waals surface area contributed by atoms with Crippen LogP contribution in [-0.4, -0.2) is 0 Å². The molecule has 140 valence electrons. The summed E-state index contributed by atoms with van der Waals surface area (Å²) in [5, 5.41) is 4.24.